The molecule has 1 aromatic rings. The lowest BCUT2D eigenvalue weighted by Crippen LogP contribution is -2.01. The van der Waals surface area contributed by atoms with Gasteiger partial charge in [0.2, 0.25) is 5.43 Å². The first-order valence-corrected chi connectivity index (χ1v) is 7.50. The molecule has 0 saturated carbocycles. The molecular weight excluding hydrogens is 252 g/mol. The third-order valence-corrected chi connectivity index (χ3v) is 3.38. The predicted molar refractivity (Wildman–Crippen MR) is 82.3 cm³/mol. The van der Waals surface area contributed by atoms with Crippen LogP contribution in [0.3, 0.4) is 0 Å². The van der Waals surface area contributed by atoms with E-state index in [4.69, 9.17) is 4.74 Å². The van der Waals surface area contributed by atoms with Gasteiger partial charge in [0.05, 0.1) is 6.61 Å². The van der Waals surface area contributed by atoms with E-state index in [9.17, 15) is 9.90 Å². The van der Waals surface area contributed by atoms with Gasteiger partial charge in [0, 0.05) is 12.2 Å². The quantitative estimate of drug-likeness (QED) is 0.732. The van der Waals surface area contributed by atoms with Gasteiger partial charge in [0.15, 0.2) is 5.75 Å². The summed E-state index contributed by atoms with van der Waals surface area (Å²) in [5.41, 5.74) is 1.17. The fourth-order valence-electron chi connectivity index (χ4n) is 1.99. The lowest BCUT2D eigenvalue weighted by Gasteiger charge is -2.04. The molecule has 0 saturated heterocycles. The second-order valence-corrected chi connectivity index (χ2v) is 5.48. The maximum Gasteiger partial charge on any atom is 0.220 e. The van der Waals surface area contributed by atoms with Crippen LogP contribution in [0, 0.1) is 0 Å². The Balaban J connectivity index is 2.64. The van der Waals surface area contributed by atoms with E-state index in [0.717, 1.165) is 18.4 Å². The van der Waals surface area contributed by atoms with Crippen LogP contribution in [0.15, 0.2) is 23.0 Å². The Bertz CT molecular complexity index is 466. The highest BCUT2D eigenvalue weighted by Gasteiger charge is 2.07. The van der Waals surface area contributed by atoms with Crippen LogP contribution in [0.2, 0.25) is 0 Å². The molecule has 0 atom stereocenters. The number of ether oxygens (including phenoxy) is 1. The molecule has 3 nitrogen and oxygen atoms in total. The van der Waals surface area contributed by atoms with Crippen molar-refractivity contribution >= 4 is 0 Å². The van der Waals surface area contributed by atoms with Crippen LogP contribution >= 0.6 is 0 Å². The summed E-state index contributed by atoms with van der Waals surface area (Å²) in [5, 5.41) is 9.91. The molecule has 0 bridgehead atoms. The highest BCUT2D eigenvalue weighted by molar-refractivity contribution is 5.33. The first-order valence-electron chi connectivity index (χ1n) is 7.50. The van der Waals surface area contributed by atoms with E-state index >= 15 is 0 Å². The molecular formula is C17H26O3. The molecule has 0 aliphatic carbocycles. The number of unbranched alkanes of at least 4 members (excludes halogenated alkanes) is 3. The second kappa shape index (κ2) is 8.75. The van der Waals surface area contributed by atoms with E-state index in [-0.39, 0.29) is 17.1 Å². The van der Waals surface area contributed by atoms with Gasteiger partial charge in [-0.15, -0.1) is 0 Å². The lowest BCUT2D eigenvalue weighted by molar-refractivity contribution is 0.115. The Labute approximate surface area is 121 Å². The largest absolute Gasteiger partial charge is 0.504 e. The topological polar surface area (TPSA) is 46.5 Å². The summed E-state index contributed by atoms with van der Waals surface area (Å²) < 4.78 is 5.55. The molecule has 1 rings (SSSR count). The zero-order chi connectivity index (χ0) is 15.0. The minimum atomic E-state index is -0.330. The summed E-state index contributed by atoms with van der Waals surface area (Å²) in [7, 11) is 0. The highest BCUT2D eigenvalue weighted by Crippen LogP contribution is 2.17. The fraction of sp³-hybridized carbons (Fsp3) is 0.588. The van der Waals surface area contributed by atoms with Crippen molar-refractivity contribution in [2.24, 2.45) is 0 Å². The summed E-state index contributed by atoms with van der Waals surface area (Å²) in [6, 6.07) is 5.18. The zero-order valence-electron chi connectivity index (χ0n) is 12.8. The van der Waals surface area contributed by atoms with Crippen molar-refractivity contribution in [2.75, 3.05) is 6.61 Å². The minimum absolute atomic E-state index is 0.189. The molecule has 0 radical (unpaired) electrons. The van der Waals surface area contributed by atoms with Gasteiger partial charge in [0.25, 0.3) is 0 Å². The number of hydrogen-bond donors (Lipinski definition) is 1. The fourth-order valence-corrected chi connectivity index (χ4v) is 1.99. The van der Waals surface area contributed by atoms with Crippen LogP contribution in [-0.4, -0.2) is 11.7 Å². The molecule has 0 fully saturated rings. The van der Waals surface area contributed by atoms with Crippen LogP contribution in [0.5, 0.6) is 5.75 Å². The Kier molecular flexibility index (Phi) is 7.31. The Morgan fingerprint density at radius 3 is 2.60 bits per heavy atom. The molecule has 0 amide bonds. The van der Waals surface area contributed by atoms with Crippen molar-refractivity contribution in [3.05, 3.63) is 39.5 Å². The highest BCUT2D eigenvalue weighted by atomic mass is 16.5. The smallest absolute Gasteiger partial charge is 0.220 e. The van der Waals surface area contributed by atoms with E-state index in [1.807, 2.05) is 19.9 Å². The molecule has 0 unspecified atom stereocenters. The Morgan fingerprint density at radius 1 is 1.20 bits per heavy atom. The summed E-state index contributed by atoms with van der Waals surface area (Å²) in [6.45, 7) is 7.18. The maximum absolute atomic E-state index is 11.8. The van der Waals surface area contributed by atoms with E-state index < -0.39 is 0 Å². The molecule has 3 heteroatoms. The van der Waals surface area contributed by atoms with Crippen LogP contribution in [0.25, 0.3) is 0 Å². The van der Waals surface area contributed by atoms with Crippen molar-refractivity contribution in [3.8, 4) is 5.75 Å². The van der Waals surface area contributed by atoms with Gasteiger partial charge < -0.3 is 9.84 Å². The monoisotopic (exact) mass is 278 g/mol. The van der Waals surface area contributed by atoms with E-state index in [1.165, 1.54) is 18.9 Å². The average molecular weight is 278 g/mol. The second-order valence-electron chi connectivity index (χ2n) is 5.48. The van der Waals surface area contributed by atoms with Crippen LogP contribution in [0.4, 0.5) is 0 Å². The molecule has 112 valence electrons. The zero-order valence-corrected chi connectivity index (χ0v) is 12.8. The summed E-state index contributed by atoms with van der Waals surface area (Å²) >= 11 is 0. The summed E-state index contributed by atoms with van der Waals surface area (Å²) in [6.07, 6.45) is 4.61. The number of rotatable bonds is 8. The van der Waals surface area contributed by atoms with Crippen LogP contribution in [0.1, 0.15) is 63.5 Å². The average Bonchev–Trinajstić information content (AvgIpc) is 2.55. The summed E-state index contributed by atoms with van der Waals surface area (Å²) in [5.74, 6) is 0.0720. The van der Waals surface area contributed by atoms with Crippen LogP contribution < -0.4 is 5.43 Å². The molecule has 1 aromatic carbocycles. The Hall–Kier alpha value is -1.35. The van der Waals surface area contributed by atoms with E-state index in [1.54, 1.807) is 6.07 Å². The molecule has 0 aliphatic heterocycles. The number of hydrogen-bond acceptors (Lipinski definition) is 3. The lowest BCUT2D eigenvalue weighted by atomic mass is 10.1. The maximum atomic E-state index is 11.8. The first kappa shape index (κ1) is 16.7. The standard InChI is InChI=1S/C17H26O3/c1-4-5-6-7-10-20-12-15-9-8-14(13(2)3)11-16(18)17(15)19/h8-9,11,13H,4-7,10,12H2,1-3H3,(H,18,19). The summed E-state index contributed by atoms with van der Waals surface area (Å²) in [4.78, 5) is 11.8. The molecule has 0 heterocycles. The SMILES string of the molecule is CCCCCCOCc1ccc(C(C)C)cc(=O)c1O. The van der Waals surface area contributed by atoms with Crippen molar-refractivity contribution in [1.29, 1.82) is 0 Å². The molecule has 0 spiro atoms. The van der Waals surface area contributed by atoms with Gasteiger partial charge in [-0.3, -0.25) is 4.79 Å². The van der Waals surface area contributed by atoms with Crippen molar-refractivity contribution in [1.82, 2.24) is 0 Å². The molecule has 0 aliphatic rings. The first-order chi connectivity index (χ1) is 9.56. The van der Waals surface area contributed by atoms with Gasteiger partial charge in [-0.05, 0) is 24.0 Å². The predicted octanol–water partition coefficient (Wildman–Crippen LogP) is 3.97. The van der Waals surface area contributed by atoms with Crippen LogP contribution in [-0.2, 0) is 11.3 Å². The minimum Gasteiger partial charge on any atom is -0.504 e. The van der Waals surface area contributed by atoms with Gasteiger partial charge in [-0.25, -0.2) is 0 Å². The van der Waals surface area contributed by atoms with Gasteiger partial charge >= 0.3 is 0 Å². The number of aromatic hydroxyl groups is 1. The third kappa shape index (κ3) is 5.33. The normalized spacial score (nSPS) is 11.0. The third-order valence-electron chi connectivity index (χ3n) is 3.38. The van der Waals surface area contributed by atoms with Gasteiger partial charge in [-0.1, -0.05) is 52.2 Å². The van der Waals surface area contributed by atoms with E-state index in [2.05, 4.69) is 6.92 Å². The van der Waals surface area contributed by atoms with Crippen molar-refractivity contribution in [3.63, 3.8) is 0 Å². The molecule has 0 aromatic heterocycles. The van der Waals surface area contributed by atoms with Gasteiger partial charge in [-0.2, -0.15) is 0 Å². The molecule has 20 heavy (non-hydrogen) atoms. The van der Waals surface area contributed by atoms with Crippen molar-refractivity contribution in [2.45, 2.75) is 59.0 Å². The van der Waals surface area contributed by atoms with E-state index in [0.29, 0.717) is 18.8 Å². The van der Waals surface area contributed by atoms with Crippen molar-refractivity contribution < 1.29 is 9.84 Å². The molecule has 1 N–H and O–H groups in total. The Morgan fingerprint density at radius 2 is 1.95 bits per heavy atom. The van der Waals surface area contributed by atoms with Gasteiger partial charge in [0.1, 0.15) is 0 Å².